The van der Waals surface area contributed by atoms with E-state index < -0.39 is 0 Å². The van der Waals surface area contributed by atoms with Crippen molar-refractivity contribution in [3.05, 3.63) is 29.8 Å². The van der Waals surface area contributed by atoms with E-state index in [0.717, 1.165) is 5.69 Å². The summed E-state index contributed by atoms with van der Waals surface area (Å²) in [4.78, 5) is 0. The molecule has 0 N–H and O–H groups in total. The standard InChI is InChI=1S/C8H10N/c1-7-3-5-8(9-2)6-4-7/h3-6H,1-2H3. The quantitative estimate of drug-likeness (QED) is 0.537. The number of hydrogen-bond donors (Lipinski definition) is 0. The van der Waals surface area contributed by atoms with E-state index >= 15 is 0 Å². The van der Waals surface area contributed by atoms with Crippen molar-refractivity contribution in [2.75, 3.05) is 7.05 Å². The van der Waals surface area contributed by atoms with E-state index in [4.69, 9.17) is 0 Å². The summed E-state index contributed by atoms with van der Waals surface area (Å²) in [6, 6.07) is 8.13. The molecule has 0 amide bonds. The maximum Gasteiger partial charge on any atom is 0.0571 e. The Morgan fingerprint density at radius 1 is 1.11 bits per heavy atom. The topological polar surface area (TPSA) is 14.1 Å². The van der Waals surface area contributed by atoms with Gasteiger partial charge in [-0.2, -0.15) is 0 Å². The first-order chi connectivity index (χ1) is 4.33. The molecule has 1 aromatic rings. The Hall–Kier alpha value is -0.980. The number of rotatable bonds is 1. The molecule has 47 valence electrons. The van der Waals surface area contributed by atoms with Crippen molar-refractivity contribution in [2.45, 2.75) is 6.92 Å². The van der Waals surface area contributed by atoms with Gasteiger partial charge in [-0.1, -0.05) is 17.7 Å². The molecule has 1 aromatic carbocycles. The third kappa shape index (κ3) is 1.46. The third-order valence-electron chi connectivity index (χ3n) is 1.29. The fourth-order valence-electron chi connectivity index (χ4n) is 0.694. The monoisotopic (exact) mass is 120 g/mol. The van der Waals surface area contributed by atoms with Crippen LogP contribution in [0.1, 0.15) is 5.56 Å². The van der Waals surface area contributed by atoms with Gasteiger partial charge in [0.1, 0.15) is 0 Å². The second-order valence-electron chi connectivity index (χ2n) is 2.06. The molecule has 0 saturated heterocycles. The van der Waals surface area contributed by atoms with Crippen LogP contribution in [0.5, 0.6) is 0 Å². The minimum atomic E-state index is 1.04. The molecule has 0 heterocycles. The van der Waals surface area contributed by atoms with Crippen LogP contribution < -0.4 is 5.32 Å². The molecule has 0 saturated carbocycles. The Bertz CT molecular complexity index is 176. The van der Waals surface area contributed by atoms with Crippen LogP contribution in [0.4, 0.5) is 5.69 Å². The first-order valence-electron chi connectivity index (χ1n) is 2.99. The van der Waals surface area contributed by atoms with E-state index in [1.54, 1.807) is 7.05 Å². The van der Waals surface area contributed by atoms with Crippen molar-refractivity contribution in [3.8, 4) is 0 Å². The van der Waals surface area contributed by atoms with Crippen LogP contribution in [0.15, 0.2) is 24.3 Å². The third-order valence-corrected chi connectivity index (χ3v) is 1.29. The molecule has 0 bridgehead atoms. The van der Waals surface area contributed by atoms with Gasteiger partial charge in [-0.15, -0.1) is 0 Å². The smallest absolute Gasteiger partial charge is 0.0571 e. The highest BCUT2D eigenvalue weighted by Crippen LogP contribution is 2.06. The average Bonchev–Trinajstić information content (AvgIpc) is 1.90. The van der Waals surface area contributed by atoms with Gasteiger partial charge in [0, 0.05) is 7.05 Å². The maximum absolute atomic E-state index is 4.01. The maximum atomic E-state index is 4.01. The molecule has 0 atom stereocenters. The summed E-state index contributed by atoms with van der Waals surface area (Å²) >= 11 is 0. The normalized spacial score (nSPS) is 9.11. The minimum Gasteiger partial charge on any atom is -0.289 e. The molecule has 0 aliphatic heterocycles. The van der Waals surface area contributed by atoms with Crippen molar-refractivity contribution in [3.63, 3.8) is 0 Å². The summed E-state index contributed by atoms with van der Waals surface area (Å²) in [7, 11) is 1.80. The zero-order chi connectivity index (χ0) is 6.69. The van der Waals surface area contributed by atoms with Gasteiger partial charge in [0.05, 0.1) is 5.69 Å². The van der Waals surface area contributed by atoms with Crippen LogP contribution >= 0.6 is 0 Å². The van der Waals surface area contributed by atoms with Crippen LogP contribution in [-0.2, 0) is 0 Å². The van der Waals surface area contributed by atoms with Crippen LogP contribution in [0, 0.1) is 6.92 Å². The first-order valence-corrected chi connectivity index (χ1v) is 2.99. The molecular weight excluding hydrogens is 110 g/mol. The molecule has 1 nitrogen and oxygen atoms in total. The number of hydrogen-bond acceptors (Lipinski definition) is 0. The van der Waals surface area contributed by atoms with Crippen molar-refractivity contribution in [1.82, 2.24) is 5.32 Å². The summed E-state index contributed by atoms with van der Waals surface area (Å²) < 4.78 is 0. The minimum absolute atomic E-state index is 1.04. The van der Waals surface area contributed by atoms with Crippen molar-refractivity contribution >= 4 is 5.69 Å². The highest BCUT2D eigenvalue weighted by Gasteiger charge is 1.85. The lowest BCUT2D eigenvalue weighted by molar-refractivity contribution is 1.09. The van der Waals surface area contributed by atoms with E-state index in [0.29, 0.717) is 0 Å². The summed E-state index contributed by atoms with van der Waals surface area (Å²) in [5, 5.41) is 4.01. The van der Waals surface area contributed by atoms with E-state index in [1.807, 2.05) is 12.1 Å². The molecule has 1 heteroatoms. The second kappa shape index (κ2) is 2.53. The van der Waals surface area contributed by atoms with Gasteiger partial charge in [0.2, 0.25) is 0 Å². The summed E-state index contributed by atoms with van der Waals surface area (Å²) in [5.74, 6) is 0. The van der Waals surface area contributed by atoms with Crippen LogP contribution in [-0.4, -0.2) is 7.05 Å². The van der Waals surface area contributed by atoms with Crippen molar-refractivity contribution in [2.24, 2.45) is 0 Å². The molecule has 0 aromatic heterocycles. The molecule has 0 spiro atoms. The zero-order valence-corrected chi connectivity index (χ0v) is 5.76. The van der Waals surface area contributed by atoms with Crippen LogP contribution in [0.25, 0.3) is 0 Å². The summed E-state index contributed by atoms with van der Waals surface area (Å²) in [6.07, 6.45) is 0. The highest BCUT2D eigenvalue weighted by molar-refractivity contribution is 5.36. The molecular formula is C8H10N. The van der Waals surface area contributed by atoms with Gasteiger partial charge in [0.25, 0.3) is 0 Å². The van der Waals surface area contributed by atoms with E-state index in [2.05, 4.69) is 24.4 Å². The fourth-order valence-corrected chi connectivity index (χ4v) is 0.694. The number of benzene rings is 1. The summed E-state index contributed by atoms with van der Waals surface area (Å²) in [6.45, 7) is 2.07. The van der Waals surface area contributed by atoms with Crippen molar-refractivity contribution < 1.29 is 0 Å². The predicted octanol–water partition coefficient (Wildman–Crippen LogP) is 1.86. The molecule has 0 aliphatic carbocycles. The number of nitrogens with zero attached hydrogens (tertiary/aromatic N) is 1. The van der Waals surface area contributed by atoms with Gasteiger partial charge in [0.15, 0.2) is 0 Å². The Kier molecular flexibility index (Phi) is 1.73. The van der Waals surface area contributed by atoms with E-state index in [1.165, 1.54) is 5.56 Å². The molecule has 1 rings (SSSR count). The Balaban J connectivity index is 2.88. The summed E-state index contributed by atoms with van der Waals surface area (Å²) in [5.41, 5.74) is 2.32. The van der Waals surface area contributed by atoms with Crippen LogP contribution in [0.2, 0.25) is 0 Å². The second-order valence-corrected chi connectivity index (χ2v) is 2.06. The predicted molar refractivity (Wildman–Crippen MR) is 38.9 cm³/mol. The molecule has 9 heavy (non-hydrogen) atoms. The van der Waals surface area contributed by atoms with E-state index in [9.17, 15) is 0 Å². The lowest BCUT2D eigenvalue weighted by Crippen LogP contribution is -1.84. The molecule has 0 fully saturated rings. The Morgan fingerprint density at radius 3 is 2.11 bits per heavy atom. The van der Waals surface area contributed by atoms with Crippen LogP contribution in [0.3, 0.4) is 0 Å². The lowest BCUT2D eigenvalue weighted by Gasteiger charge is -1.94. The largest absolute Gasteiger partial charge is 0.289 e. The molecule has 0 unspecified atom stereocenters. The average molecular weight is 120 g/mol. The van der Waals surface area contributed by atoms with Gasteiger partial charge >= 0.3 is 0 Å². The Morgan fingerprint density at radius 2 is 1.67 bits per heavy atom. The first kappa shape index (κ1) is 6.14. The Labute approximate surface area is 55.7 Å². The fraction of sp³-hybridized carbons (Fsp3) is 0.250. The SMILES string of the molecule is C[N]c1ccc(C)cc1. The molecule has 0 aliphatic rings. The highest BCUT2D eigenvalue weighted by atomic mass is 14.8. The molecule has 1 radical (unpaired) electrons. The van der Waals surface area contributed by atoms with Gasteiger partial charge < -0.3 is 0 Å². The van der Waals surface area contributed by atoms with E-state index in [-0.39, 0.29) is 0 Å². The lowest BCUT2D eigenvalue weighted by atomic mass is 10.2. The van der Waals surface area contributed by atoms with Crippen molar-refractivity contribution in [1.29, 1.82) is 0 Å². The van der Waals surface area contributed by atoms with Gasteiger partial charge in [-0.25, -0.2) is 0 Å². The zero-order valence-electron chi connectivity index (χ0n) is 5.76. The van der Waals surface area contributed by atoms with Gasteiger partial charge in [-0.3, -0.25) is 5.32 Å². The van der Waals surface area contributed by atoms with Gasteiger partial charge in [-0.05, 0) is 19.1 Å². The number of aryl methyl sites for hydroxylation is 1.